The Morgan fingerprint density at radius 3 is 2.11 bits per heavy atom. The molecule has 28 heteroatoms. The van der Waals surface area contributed by atoms with E-state index in [-0.39, 0.29) is 72.9 Å². The van der Waals surface area contributed by atoms with E-state index in [2.05, 4.69) is 0 Å². The standard InChI is InChI=1S/C57H52BF2N7O14S4/c1-38-15-23-43(24-16-38)84(75,76)64(28-6-14-54(70)81-67-52(68)36-51(56(67)71)85(77,78)79)57(72)55-44-9-2-4-11-47(44)63(48-12-5-3-10-45(48)55)27-8-34-83(73,74)62-31-29-61(30-32-62)53(69)37-80-42-21-17-39(18-22-42)46-25-19-40-35-41-20-26-49(50-13-7-33-82-50)66(41)58(59,60)65(40)46/h2-5,7,9-13,15-26,33,35,51H,6,8,14,27-32,34,36-37H2,1H3. The number of hydroxylamine groups is 2. The lowest BCUT2D eigenvalue weighted by Gasteiger charge is -2.34. The second-order valence-electron chi connectivity index (χ2n) is 20.5. The number of sulfonamides is 2. The van der Waals surface area contributed by atoms with Crippen LogP contribution in [-0.4, -0.2) is 150 Å². The number of allylic oxidation sites excluding steroid dienone is 2. The van der Waals surface area contributed by atoms with E-state index in [4.69, 9.17) is 9.57 Å². The highest BCUT2D eigenvalue weighted by molar-refractivity contribution is 7.89. The van der Waals surface area contributed by atoms with E-state index in [1.165, 1.54) is 44.8 Å². The number of amides is 4. The molecule has 11 rings (SSSR count). The Balaban J connectivity index is 0.731. The average Bonchev–Trinajstić information content (AvgIpc) is 2.09. The molecule has 0 radical (unpaired) electrons. The molecule has 4 amide bonds. The smallest absolute Gasteiger partial charge is 0.737 e. The van der Waals surface area contributed by atoms with Crippen molar-refractivity contribution in [1.82, 2.24) is 23.1 Å². The Labute approximate surface area is 490 Å². The number of ether oxygens (including phenoxy) is 1. The number of aromatic nitrogens is 2. The lowest BCUT2D eigenvalue weighted by molar-refractivity contribution is -0.645. The molecule has 4 aliphatic rings. The number of nitrogens with zero attached hydrogens (tertiary/aromatic N) is 7. The predicted molar refractivity (Wildman–Crippen MR) is 307 cm³/mol. The summed E-state index contributed by atoms with van der Waals surface area (Å²) in [5.74, 6) is -5.34. The number of pyridine rings is 1. The molecular weight excluding hydrogens is 1180 g/mol. The summed E-state index contributed by atoms with van der Waals surface area (Å²) in [6.45, 7) is -3.10. The number of fused-ring (bicyclic) bond motifs is 4. The second kappa shape index (κ2) is 23.0. The number of hydrogen-bond donors (Lipinski definition) is 0. The summed E-state index contributed by atoms with van der Waals surface area (Å²) in [5.41, 5.74) is 3.67. The number of benzene rings is 4. The highest BCUT2D eigenvalue weighted by atomic mass is 32.2. The first-order valence-corrected chi connectivity index (χ1v) is 32.2. The van der Waals surface area contributed by atoms with Gasteiger partial charge in [-0.1, -0.05) is 48.0 Å². The van der Waals surface area contributed by atoms with Gasteiger partial charge in [-0.05, 0) is 85.5 Å². The van der Waals surface area contributed by atoms with Gasteiger partial charge in [0, 0.05) is 97.8 Å². The van der Waals surface area contributed by atoms with Gasteiger partial charge in [-0.3, -0.25) is 19.2 Å². The van der Waals surface area contributed by atoms with Crippen molar-refractivity contribution in [2.45, 2.75) is 49.3 Å². The van der Waals surface area contributed by atoms with Crippen LogP contribution in [0.4, 0.5) is 8.63 Å². The van der Waals surface area contributed by atoms with Crippen LogP contribution in [0.15, 0.2) is 149 Å². The third-order valence-corrected chi connectivity index (χ3v) is 20.9. The number of halogens is 2. The van der Waals surface area contributed by atoms with Crippen LogP contribution in [0.25, 0.3) is 38.5 Å². The molecular formula is C57H52BF2N7O14S4. The zero-order valence-electron chi connectivity index (χ0n) is 45.2. The lowest BCUT2D eigenvalue weighted by Crippen LogP contribution is -2.52. The molecule has 85 heavy (non-hydrogen) atoms. The fraction of sp³-hybridized carbons (Fsp3) is 0.246. The number of imide groups is 1. The van der Waals surface area contributed by atoms with Crippen molar-refractivity contribution in [3.05, 3.63) is 167 Å². The number of hydrogen-bond acceptors (Lipinski definition) is 15. The van der Waals surface area contributed by atoms with E-state index in [1.807, 2.05) is 22.1 Å². The van der Waals surface area contributed by atoms with Crippen LogP contribution >= 0.6 is 11.3 Å². The Hall–Kier alpha value is -8.28. The summed E-state index contributed by atoms with van der Waals surface area (Å²) in [6.07, 6.45) is 3.05. The molecule has 4 aliphatic heterocycles. The first-order valence-electron chi connectivity index (χ1n) is 26.8. The molecule has 440 valence electrons. The summed E-state index contributed by atoms with van der Waals surface area (Å²) >= 11 is 1.38. The molecule has 0 spiro atoms. The van der Waals surface area contributed by atoms with Crippen molar-refractivity contribution in [2.24, 2.45) is 0 Å². The molecule has 2 saturated heterocycles. The quantitative estimate of drug-likeness (QED) is 0.0321. The fourth-order valence-electron chi connectivity index (χ4n) is 11.0. The molecule has 0 N–H and O–H groups in total. The molecule has 0 aliphatic carbocycles. The topological polar surface area (TPSA) is 254 Å². The van der Waals surface area contributed by atoms with Gasteiger partial charge in [0.15, 0.2) is 24.6 Å². The van der Waals surface area contributed by atoms with Gasteiger partial charge >= 0.3 is 12.9 Å². The molecule has 7 heterocycles. The van der Waals surface area contributed by atoms with Crippen LogP contribution in [0.1, 0.15) is 52.9 Å². The number of thiophene rings is 1. The van der Waals surface area contributed by atoms with E-state index in [9.17, 15) is 49.0 Å². The minimum absolute atomic E-state index is 0.0250. The van der Waals surface area contributed by atoms with Crippen molar-refractivity contribution in [2.75, 3.05) is 45.1 Å². The Morgan fingerprint density at radius 1 is 0.800 bits per heavy atom. The Morgan fingerprint density at radius 2 is 1.47 bits per heavy atom. The van der Waals surface area contributed by atoms with Gasteiger partial charge in [0.1, 0.15) is 21.1 Å². The van der Waals surface area contributed by atoms with Gasteiger partial charge in [0.05, 0.1) is 33.4 Å². The largest absolute Gasteiger partial charge is 0.747 e. The van der Waals surface area contributed by atoms with Crippen molar-refractivity contribution >= 4 is 112 Å². The predicted octanol–water partition coefficient (Wildman–Crippen LogP) is 5.45. The monoisotopic (exact) mass is 1240 g/mol. The summed E-state index contributed by atoms with van der Waals surface area (Å²) in [6, 6.07) is 32.6. The fourth-order valence-corrected chi connectivity index (χ4v) is 15.3. The maximum atomic E-state index is 16.5. The molecule has 0 bridgehead atoms. The summed E-state index contributed by atoms with van der Waals surface area (Å²) < 4.78 is 136. The van der Waals surface area contributed by atoms with E-state index in [0.717, 1.165) is 19.4 Å². The molecule has 1 unspecified atom stereocenters. The first-order chi connectivity index (χ1) is 40.5. The van der Waals surface area contributed by atoms with Gasteiger partial charge in [-0.2, -0.15) is 8.87 Å². The minimum atomic E-state index is -5.25. The Kier molecular flexibility index (Phi) is 15.8. The lowest BCUT2D eigenvalue weighted by atomic mass is 9.90. The molecule has 4 aromatic carbocycles. The number of rotatable bonds is 19. The van der Waals surface area contributed by atoms with Gasteiger partial charge < -0.3 is 36.6 Å². The van der Waals surface area contributed by atoms with Gasteiger partial charge in [-0.25, -0.2) is 34.4 Å². The summed E-state index contributed by atoms with van der Waals surface area (Å²) in [7, 11) is -13.8. The van der Waals surface area contributed by atoms with Crippen molar-refractivity contribution in [1.29, 1.82) is 0 Å². The zero-order valence-corrected chi connectivity index (χ0v) is 48.5. The SMILES string of the molecule is Cc1ccc(S(=O)(=O)N(CCCC(=O)ON2C(=O)CC(S(=O)(=O)[O-])C2=O)C(=O)c2c3ccccc3[n+](CCCS(=O)(=O)N3CCN(C(=O)COc4ccc(C5=[N+]6C(=Cc7ccc(-c8cccs8)n7[B-]6(F)F)C=C5)cc4)CC3)c3ccccc23)cc1. The van der Waals surface area contributed by atoms with Crippen LogP contribution in [0.3, 0.4) is 0 Å². The number of carbonyl (C=O) groups is 5. The molecule has 1 atom stereocenters. The molecule has 21 nitrogen and oxygen atoms in total. The summed E-state index contributed by atoms with van der Waals surface area (Å²) in [4.78, 5) is 73.0. The maximum absolute atomic E-state index is 16.5. The van der Waals surface area contributed by atoms with Gasteiger partial charge in [0.25, 0.3) is 33.7 Å². The normalized spacial score (nSPS) is 17.1. The number of aryl methyl sites for hydroxylation is 2. The van der Waals surface area contributed by atoms with E-state index in [1.54, 1.807) is 110 Å². The third kappa shape index (κ3) is 11.3. The van der Waals surface area contributed by atoms with Crippen LogP contribution in [0.2, 0.25) is 0 Å². The molecule has 2 fully saturated rings. The van der Waals surface area contributed by atoms with Crippen LogP contribution in [0.5, 0.6) is 5.75 Å². The van der Waals surface area contributed by atoms with Crippen LogP contribution < -0.4 is 9.30 Å². The molecule has 3 aromatic heterocycles. The Bertz CT molecular complexity index is 4280. The van der Waals surface area contributed by atoms with E-state index in [0.29, 0.717) is 60.2 Å². The number of carbonyl (C=O) groups excluding carboxylic acids is 5. The third-order valence-electron chi connectivity index (χ3n) is 15.2. The maximum Gasteiger partial charge on any atom is 0.737 e. The first kappa shape index (κ1) is 58.5. The van der Waals surface area contributed by atoms with Crippen LogP contribution in [0, 0.1) is 6.92 Å². The second-order valence-corrected chi connectivity index (χ2v) is 27.0. The molecule has 7 aromatic rings. The van der Waals surface area contributed by atoms with E-state index >= 15 is 13.4 Å². The number of piperazine rings is 1. The highest BCUT2D eigenvalue weighted by Crippen LogP contribution is 2.38. The zero-order chi connectivity index (χ0) is 60.2. The minimum Gasteiger partial charge on any atom is -0.747 e. The van der Waals surface area contributed by atoms with E-state index < -0.39 is 91.9 Å². The van der Waals surface area contributed by atoms with Gasteiger partial charge in [-0.15, -0.1) is 16.4 Å². The van der Waals surface area contributed by atoms with Crippen LogP contribution in [-0.2, 0) is 60.7 Å². The molecule has 0 saturated carbocycles. The van der Waals surface area contributed by atoms with Crippen molar-refractivity contribution in [3.63, 3.8) is 0 Å². The van der Waals surface area contributed by atoms with Gasteiger partial charge in [0.2, 0.25) is 21.1 Å². The summed E-state index contributed by atoms with van der Waals surface area (Å²) in [5, 5.41) is 0.0872. The average molecular weight is 1240 g/mol. The number of para-hydroxylation sites is 2. The van der Waals surface area contributed by atoms with Crippen molar-refractivity contribution in [3.8, 4) is 16.3 Å². The van der Waals surface area contributed by atoms with Crippen molar-refractivity contribution < 1.29 is 81.0 Å². The highest BCUT2D eigenvalue weighted by Gasteiger charge is 2.53.